The van der Waals surface area contributed by atoms with Crippen molar-refractivity contribution in [2.24, 2.45) is 0 Å². The van der Waals surface area contributed by atoms with Crippen molar-refractivity contribution in [3.05, 3.63) is 87.0 Å². The van der Waals surface area contributed by atoms with Gasteiger partial charge in [0, 0.05) is 46.8 Å². The number of aromatic amines is 1. The number of pyridine rings is 1. The highest BCUT2D eigenvalue weighted by Crippen LogP contribution is 2.34. The average Bonchev–Trinajstić information content (AvgIpc) is 3.14. The number of aromatic nitrogens is 2. The summed E-state index contributed by atoms with van der Waals surface area (Å²) in [4.78, 5) is 15.3. The number of fused-ring (bicyclic) bond motifs is 2. The molecule has 7 heteroatoms. The molecular weight excluding hydrogens is 428 g/mol. The van der Waals surface area contributed by atoms with E-state index >= 15 is 0 Å². The Morgan fingerprint density at radius 2 is 2.00 bits per heavy atom. The van der Waals surface area contributed by atoms with Crippen LogP contribution in [0.3, 0.4) is 0 Å². The van der Waals surface area contributed by atoms with Crippen molar-refractivity contribution in [2.45, 2.75) is 39.5 Å². The molecule has 0 aliphatic carbocycles. The summed E-state index contributed by atoms with van der Waals surface area (Å²) in [5.41, 5.74) is 7.33. The third kappa shape index (κ3) is 3.87. The lowest BCUT2D eigenvalue weighted by atomic mass is 10.0. The Labute approximate surface area is 198 Å². The number of aliphatic hydroxyl groups excluding tert-OH is 1. The lowest BCUT2D eigenvalue weighted by Crippen LogP contribution is -2.26. The van der Waals surface area contributed by atoms with Gasteiger partial charge in [-0.15, -0.1) is 0 Å². The van der Waals surface area contributed by atoms with E-state index in [1.807, 2.05) is 32.0 Å². The Balaban J connectivity index is 1.53. The highest BCUT2D eigenvalue weighted by atomic mass is 16.5. The van der Waals surface area contributed by atoms with Gasteiger partial charge in [-0.3, -0.25) is 10.1 Å². The standard InChI is InChI=1S/C27H30N4O3/c1-16-13-24(34-3)21(26(32)30-16)15-29-27(33)25-17(2)31(23-9-5-4-8-20(23)25)19-10-11-22-18(14-19)7-6-12-28-22/h4-5,8-11,13-14,27-29,33H,6-7,12,15H2,1-3H3,(H,30,32). The van der Waals surface area contributed by atoms with E-state index in [4.69, 9.17) is 4.74 Å². The smallest absolute Gasteiger partial charge is 0.256 e. The van der Waals surface area contributed by atoms with E-state index in [9.17, 15) is 9.90 Å². The second kappa shape index (κ2) is 9.00. The summed E-state index contributed by atoms with van der Waals surface area (Å²) in [7, 11) is 1.54. The van der Waals surface area contributed by atoms with E-state index in [1.165, 1.54) is 11.3 Å². The van der Waals surface area contributed by atoms with E-state index in [1.54, 1.807) is 13.2 Å². The van der Waals surface area contributed by atoms with E-state index in [-0.39, 0.29) is 12.1 Å². The number of nitrogens with zero attached hydrogens (tertiary/aromatic N) is 1. The molecule has 3 heterocycles. The molecule has 2 aromatic heterocycles. The monoisotopic (exact) mass is 458 g/mol. The predicted molar refractivity (Wildman–Crippen MR) is 135 cm³/mol. The molecule has 0 amide bonds. The Morgan fingerprint density at radius 3 is 2.82 bits per heavy atom. The van der Waals surface area contributed by atoms with Gasteiger partial charge in [-0.2, -0.15) is 0 Å². The van der Waals surface area contributed by atoms with Crippen LogP contribution in [-0.2, 0) is 13.0 Å². The predicted octanol–water partition coefficient (Wildman–Crippen LogP) is 4.08. The molecule has 0 saturated heterocycles. The first-order valence-corrected chi connectivity index (χ1v) is 11.6. The molecule has 0 spiro atoms. The number of aliphatic hydroxyl groups is 1. The normalized spacial score (nSPS) is 14.0. The fraction of sp³-hybridized carbons (Fsp3) is 0.296. The number of ether oxygens (including phenoxy) is 1. The van der Waals surface area contributed by atoms with Crippen LogP contribution < -0.4 is 20.9 Å². The number of anilines is 1. The van der Waals surface area contributed by atoms with Crippen molar-refractivity contribution in [1.29, 1.82) is 0 Å². The first-order valence-electron chi connectivity index (χ1n) is 11.6. The van der Waals surface area contributed by atoms with Crippen LogP contribution in [-0.4, -0.2) is 28.3 Å². The molecule has 34 heavy (non-hydrogen) atoms. The van der Waals surface area contributed by atoms with Gasteiger partial charge in [-0.05, 0) is 62.6 Å². The van der Waals surface area contributed by atoms with E-state index in [0.717, 1.165) is 52.9 Å². The SMILES string of the molecule is COc1cc(C)[nH]c(=O)c1CNC(O)c1c(C)n(-c2ccc3c(c2)CCCN3)c2ccccc12. The van der Waals surface area contributed by atoms with Crippen LogP contribution in [0.1, 0.15) is 40.7 Å². The molecule has 5 rings (SSSR count). The molecule has 176 valence electrons. The zero-order valence-electron chi connectivity index (χ0n) is 19.7. The number of H-pyrrole nitrogens is 1. The third-order valence-corrected chi connectivity index (χ3v) is 6.64. The van der Waals surface area contributed by atoms with Crippen molar-refractivity contribution >= 4 is 16.6 Å². The summed E-state index contributed by atoms with van der Waals surface area (Å²) >= 11 is 0. The molecule has 1 aliphatic heterocycles. The van der Waals surface area contributed by atoms with Gasteiger partial charge in [0.1, 0.15) is 12.0 Å². The molecule has 0 fully saturated rings. The van der Waals surface area contributed by atoms with E-state index in [2.05, 4.69) is 44.5 Å². The largest absolute Gasteiger partial charge is 0.496 e. The molecule has 4 aromatic rings. The molecule has 7 nitrogen and oxygen atoms in total. The van der Waals surface area contributed by atoms with Crippen LogP contribution in [0, 0.1) is 13.8 Å². The van der Waals surface area contributed by atoms with Gasteiger partial charge in [-0.25, -0.2) is 0 Å². The summed E-state index contributed by atoms with van der Waals surface area (Å²) < 4.78 is 7.59. The molecule has 2 aromatic carbocycles. The summed E-state index contributed by atoms with van der Waals surface area (Å²) in [6, 6.07) is 16.4. The molecule has 0 radical (unpaired) electrons. The maximum Gasteiger partial charge on any atom is 0.256 e. The van der Waals surface area contributed by atoms with Gasteiger partial charge in [-0.1, -0.05) is 18.2 Å². The topological polar surface area (TPSA) is 91.3 Å². The van der Waals surface area contributed by atoms with Gasteiger partial charge >= 0.3 is 0 Å². The number of hydrogen-bond acceptors (Lipinski definition) is 5. The highest BCUT2D eigenvalue weighted by Gasteiger charge is 2.22. The summed E-state index contributed by atoms with van der Waals surface area (Å²) in [5, 5.41) is 18.8. The molecule has 1 unspecified atom stereocenters. The van der Waals surface area contributed by atoms with Crippen molar-refractivity contribution in [3.8, 4) is 11.4 Å². The van der Waals surface area contributed by atoms with Crippen LogP contribution in [0.5, 0.6) is 5.75 Å². The number of hydrogen-bond donors (Lipinski definition) is 4. The van der Waals surface area contributed by atoms with Crippen molar-refractivity contribution in [2.75, 3.05) is 19.0 Å². The Hall–Kier alpha value is -3.55. The Morgan fingerprint density at radius 1 is 1.18 bits per heavy atom. The first-order chi connectivity index (χ1) is 16.5. The van der Waals surface area contributed by atoms with Gasteiger partial charge < -0.3 is 24.7 Å². The molecule has 0 bridgehead atoms. The quantitative estimate of drug-likeness (QED) is 0.327. The van der Waals surface area contributed by atoms with Crippen LogP contribution in [0.4, 0.5) is 5.69 Å². The van der Waals surface area contributed by atoms with Crippen molar-refractivity contribution in [1.82, 2.24) is 14.9 Å². The van der Waals surface area contributed by atoms with Gasteiger partial charge in [0.2, 0.25) is 0 Å². The number of rotatable bonds is 6. The number of methoxy groups -OCH3 is 1. The minimum absolute atomic E-state index is 0.170. The Bertz CT molecular complexity index is 1420. The highest BCUT2D eigenvalue weighted by molar-refractivity contribution is 5.87. The number of benzene rings is 2. The number of nitrogens with one attached hydrogen (secondary N) is 3. The van der Waals surface area contributed by atoms with Gasteiger partial charge in [0.15, 0.2) is 0 Å². The molecule has 4 N–H and O–H groups in total. The fourth-order valence-corrected chi connectivity index (χ4v) is 5.01. The molecule has 1 atom stereocenters. The van der Waals surface area contributed by atoms with E-state index in [0.29, 0.717) is 11.3 Å². The maximum atomic E-state index is 12.5. The number of para-hydroxylation sites is 1. The average molecular weight is 459 g/mol. The lowest BCUT2D eigenvalue weighted by Gasteiger charge is -2.20. The fourth-order valence-electron chi connectivity index (χ4n) is 5.01. The van der Waals surface area contributed by atoms with Crippen LogP contribution in [0.25, 0.3) is 16.6 Å². The maximum absolute atomic E-state index is 12.5. The van der Waals surface area contributed by atoms with Gasteiger partial charge in [0.25, 0.3) is 5.56 Å². The summed E-state index contributed by atoms with van der Waals surface area (Å²) in [5.74, 6) is 0.503. The second-order valence-corrected chi connectivity index (χ2v) is 8.84. The molecular formula is C27H30N4O3. The Kier molecular flexibility index (Phi) is 5.89. The van der Waals surface area contributed by atoms with Crippen molar-refractivity contribution < 1.29 is 9.84 Å². The zero-order valence-corrected chi connectivity index (χ0v) is 19.7. The summed E-state index contributed by atoms with van der Waals surface area (Å²) in [6.07, 6.45) is 1.21. The minimum atomic E-state index is -0.962. The minimum Gasteiger partial charge on any atom is -0.496 e. The van der Waals surface area contributed by atoms with Gasteiger partial charge in [0.05, 0.1) is 18.2 Å². The van der Waals surface area contributed by atoms with Crippen LogP contribution in [0.15, 0.2) is 53.3 Å². The van der Waals surface area contributed by atoms with Crippen molar-refractivity contribution in [3.63, 3.8) is 0 Å². The third-order valence-electron chi connectivity index (χ3n) is 6.64. The molecule has 1 aliphatic rings. The number of aryl methyl sites for hydroxylation is 2. The lowest BCUT2D eigenvalue weighted by molar-refractivity contribution is 0.137. The van der Waals surface area contributed by atoms with Crippen LogP contribution >= 0.6 is 0 Å². The zero-order chi connectivity index (χ0) is 23.8. The van der Waals surface area contributed by atoms with Crippen LogP contribution in [0.2, 0.25) is 0 Å². The first kappa shape index (κ1) is 22.3. The second-order valence-electron chi connectivity index (χ2n) is 8.84. The molecule has 0 saturated carbocycles. The van der Waals surface area contributed by atoms with E-state index < -0.39 is 6.23 Å². The summed E-state index contributed by atoms with van der Waals surface area (Å²) in [6.45, 7) is 5.01.